The Morgan fingerprint density at radius 1 is 1.19 bits per heavy atom. The molecular weight excluding hydrogens is 281 g/mol. The van der Waals surface area contributed by atoms with Crippen molar-refractivity contribution in [2.45, 2.75) is 53.0 Å². The number of benzene rings is 1. The van der Waals surface area contributed by atoms with Crippen molar-refractivity contribution in [2.24, 2.45) is 0 Å². The summed E-state index contributed by atoms with van der Waals surface area (Å²) in [7, 11) is 0. The van der Waals surface area contributed by atoms with E-state index in [1.165, 1.54) is 18.2 Å². The maximum absolute atomic E-state index is 12.2. The maximum Gasteiger partial charge on any atom is 0.573 e. The Kier molecular flexibility index (Phi) is 5.31. The Labute approximate surface area is 123 Å². The molecular formula is C16H21F3O2. The first-order chi connectivity index (χ1) is 9.70. The van der Waals surface area contributed by atoms with Crippen molar-refractivity contribution >= 4 is 5.57 Å². The van der Waals surface area contributed by atoms with Crippen LogP contribution in [0.5, 0.6) is 11.5 Å². The van der Waals surface area contributed by atoms with Crippen LogP contribution in [0.1, 0.15) is 46.6 Å². The van der Waals surface area contributed by atoms with E-state index in [1.54, 1.807) is 0 Å². The molecule has 0 atom stereocenters. The number of halogens is 3. The Bertz CT molecular complexity index is 517. The zero-order valence-corrected chi connectivity index (χ0v) is 13.0. The number of hydrogen-bond acceptors (Lipinski definition) is 2. The first-order valence-corrected chi connectivity index (χ1v) is 7.01. The second-order valence-electron chi connectivity index (χ2n) is 4.93. The quantitative estimate of drug-likeness (QED) is 0.710. The lowest BCUT2D eigenvalue weighted by molar-refractivity contribution is -0.274. The number of ether oxygens (including phenoxy) is 2. The minimum absolute atomic E-state index is 0.228. The van der Waals surface area contributed by atoms with E-state index in [4.69, 9.17) is 4.74 Å². The molecule has 0 saturated heterocycles. The number of fused-ring (bicyclic) bond motifs is 1. The van der Waals surface area contributed by atoms with Crippen LogP contribution >= 0.6 is 0 Å². The lowest BCUT2D eigenvalue weighted by Crippen LogP contribution is -2.29. The van der Waals surface area contributed by atoms with Crippen molar-refractivity contribution in [3.8, 4) is 11.5 Å². The molecule has 21 heavy (non-hydrogen) atoms. The number of rotatable bonds is 2. The van der Waals surface area contributed by atoms with Crippen molar-refractivity contribution in [3.05, 3.63) is 29.8 Å². The molecule has 0 bridgehead atoms. The average molecular weight is 302 g/mol. The highest BCUT2D eigenvalue weighted by Crippen LogP contribution is 2.40. The molecule has 2 nitrogen and oxygen atoms in total. The van der Waals surface area contributed by atoms with Gasteiger partial charge < -0.3 is 9.47 Å². The van der Waals surface area contributed by atoms with E-state index in [0.717, 1.165) is 12.0 Å². The SMILES string of the molecule is CC.CCC1=CC(C)(C)Oc2ccc(OC(F)(F)F)cc21. The highest BCUT2D eigenvalue weighted by Gasteiger charge is 2.32. The summed E-state index contributed by atoms with van der Waals surface area (Å²) < 4.78 is 46.3. The van der Waals surface area contributed by atoms with E-state index >= 15 is 0 Å². The molecule has 2 rings (SSSR count). The summed E-state index contributed by atoms with van der Waals surface area (Å²) in [5.74, 6) is 0.354. The molecule has 1 aromatic carbocycles. The van der Waals surface area contributed by atoms with Crippen LogP contribution in [0.2, 0.25) is 0 Å². The highest BCUT2D eigenvalue weighted by atomic mass is 19.4. The third-order valence-corrected chi connectivity index (χ3v) is 2.81. The Morgan fingerprint density at radius 3 is 2.33 bits per heavy atom. The van der Waals surface area contributed by atoms with Gasteiger partial charge in [-0.2, -0.15) is 0 Å². The highest BCUT2D eigenvalue weighted by molar-refractivity contribution is 5.74. The first kappa shape index (κ1) is 17.4. The topological polar surface area (TPSA) is 18.5 Å². The minimum atomic E-state index is -4.68. The molecule has 0 aromatic heterocycles. The van der Waals surface area contributed by atoms with E-state index in [9.17, 15) is 13.2 Å². The molecule has 0 radical (unpaired) electrons. The van der Waals surface area contributed by atoms with Crippen LogP contribution in [0.25, 0.3) is 5.57 Å². The number of hydrogen-bond donors (Lipinski definition) is 0. The summed E-state index contributed by atoms with van der Waals surface area (Å²) in [6.07, 6.45) is -2.04. The van der Waals surface area contributed by atoms with Crippen LogP contribution < -0.4 is 9.47 Å². The Balaban J connectivity index is 0.00000106. The molecule has 0 aliphatic carbocycles. The molecule has 1 aromatic rings. The molecule has 0 saturated carbocycles. The van der Waals surface area contributed by atoms with Gasteiger partial charge in [0.15, 0.2) is 0 Å². The lowest BCUT2D eigenvalue weighted by Gasteiger charge is -2.31. The minimum Gasteiger partial charge on any atom is -0.483 e. The van der Waals surface area contributed by atoms with E-state index in [-0.39, 0.29) is 5.75 Å². The van der Waals surface area contributed by atoms with Crippen LogP contribution in [-0.4, -0.2) is 12.0 Å². The van der Waals surface area contributed by atoms with Gasteiger partial charge in [-0.15, -0.1) is 13.2 Å². The predicted octanol–water partition coefficient (Wildman–Crippen LogP) is 5.58. The van der Waals surface area contributed by atoms with Gasteiger partial charge in [0, 0.05) is 5.56 Å². The lowest BCUT2D eigenvalue weighted by atomic mass is 9.93. The maximum atomic E-state index is 12.2. The monoisotopic (exact) mass is 302 g/mol. The van der Waals surface area contributed by atoms with Crippen molar-refractivity contribution in [1.82, 2.24) is 0 Å². The smallest absolute Gasteiger partial charge is 0.483 e. The van der Waals surface area contributed by atoms with Gasteiger partial charge in [-0.1, -0.05) is 20.8 Å². The number of alkyl halides is 3. The average Bonchev–Trinajstić information content (AvgIpc) is 2.38. The Morgan fingerprint density at radius 2 is 1.81 bits per heavy atom. The standard InChI is InChI=1S/C14H15F3O2.C2H6/c1-4-9-8-13(2,3)19-12-6-5-10(7-11(9)12)18-14(15,16)17;1-2/h5-8H,4H2,1-3H3;1-2H3. The van der Waals surface area contributed by atoms with Crippen LogP contribution in [0.4, 0.5) is 13.2 Å². The van der Waals surface area contributed by atoms with Gasteiger partial charge in [-0.25, -0.2) is 0 Å². The van der Waals surface area contributed by atoms with Crippen molar-refractivity contribution in [1.29, 1.82) is 0 Å². The van der Waals surface area contributed by atoms with Crippen molar-refractivity contribution in [2.75, 3.05) is 0 Å². The third kappa shape index (κ3) is 4.69. The van der Waals surface area contributed by atoms with Crippen LogP contribution in [0, 0.1) is 0 Å². The van der Waals surface area contributed by atoms with Gasteiger partial charge in [0.05, 0.1) is 0 Å². The predicted molar refractivity (Wildman–Crippen MR) is 77.4 cm³/mol. The molecule has 0 amide bonds. The molecule has 1 aliphatic heterocycles. The summed E-state index contributed by atoms with van der Waals surface area (Å²) in [5, 5.41) is 0. The summed E-state index contributed by atoms with van der Waals surface area (Å²) in [4.78, 5) is 0. The van der Waals surface area contributed by atoms with Gasteiger partial charge in [0.25, 0.3) is 0 Å². The summed E-state index contributed by atoms with van der Waals surface area (Å²) in [6.45, 7) is 9.77. The summed E-state index contributed by atoms with van der Waals surface area (Å²) in [6, 6.07) is 4.15. The summed E-state index contributed by atoms with van der Waals surface area (Å²) in [5.41, 5.74) is 1.16. The zero-order valence-electron chi connectivity index (χ0n) is 13.0. The van der Waals surface area contributed by atoms with Crippen molar-refractivity contribution < 1.29 is 22.6 Å². The fraction of sp³-hybridized carbons (Fsp3) is 0.500. The van der Waals surface area contributed by atoms with Gasteiger partial charge in [-0.3, -0.25) is 0 Å². The van der Waals surface area contributed by atoms with Gasteiger partial charge in [0.2, 0.25) is 0 Å². The van der Waals surface area contributed by atoms with Crippen LogP contribution in [-0.2, 0) is 0 Å². The molecule has 0 unspecified atom stereocenters. The molecule has 0 spiro atoms. The fourth-order valence-electron chi connectivity index (χ4n) is 2.15. The molecule has 1 heterocycles. The van der Waals surface area contributed by atoms with Crippen molar-refractivity contribution in [3.63, 3.8) is 0 Å². The molecule has 5 heteroatoms. The van der Waals surface area contributed by atoms with Crippen LogP contribution in [0.15, 0.2) is 24.3 Å². The van der Waals surface area contributed by atoms with E-state index in [2.05, 4.69) is 4.74 Å². The van der Waals surface area contributed by atoms with E-state index in [0.29, 0.717) is 11.3 Å². The fourth-order valence-corrected chi connectivity index (χ4v) is 2.15. The van der Waals surface area contributed by atoms with Gasteiger partial charge >= 0.3 is 6.36 Å². The molecule has 0 fully saturated rings. The zero-order chi connectivity index (χ0) is 16.3. The summed E-state index contributed by atoms with van der Waals surface area (Å²) >= 11 is 0. The van der Waals surface area contributed by atoms with Gasteiger partial charge in [-0.05, 0) is 50.1 Å². The number of allylic oxidation sites excluding steroid dienone is 1. The van der Waals surface area contributed by atoms with E-state index in [1.807, 2.05) is 40.7 Å². The van der Waals surface area contributed by atoms with Gasteiger partial charge in [0.1, 0.15) is 17.1 Å². The second-order valence-corrected chi connectivity index (χ2v) is 4.93. The Hall–Kier alpha value is -1.65. The second kappa shape index (κ2) is 6.41. The van der Waals surface area contributed by atoms with Crippen LogP contribution in [0.3, 0.4) is 0 Å². The molecule has 0 N–H and O–H groups in total. The van der Waals surface area contributed by atoms with E-state index < -0.39 is 12.0 Å². The normalized spacial score (nSPS) is 15.9. The molecule has 1 aliphatic rings. The largest absolute Gasteiger partial charge is 0.573 e. The third-order valence-electron chi connectivity index (χ3n) is 2.81. The molecule has 118 valence electrons. The first-order valence-electron chi connectivity index (χ1n) is 7.01.